The highest BCUT2D eigenvalue weighted by molar-refractivity contribution is 4.88. The fourth-order valence-electron chi connectivity index (χ4n) is 2.58. The average Bonchev–Trinajstić information content (AvgIpc) is 2.13. The second kappa shape index (κ2) is 5.36. The third-order valence-electron chi connectivity index (χ3n) is 3.20. The van der Waals surface area contributed by atoms with Gasteiger partial charge < -0.3 is 10.1 Å². The number of ether oxygens (including phenoxy) is 1. The van der Waals surface area contributed by atoms with Crippen LogP contribution in [-0.4, -0.2) is 32.0 Å². The lowest BCUT2D eigenvalue weighted by molar-refractivity contribution is -0.196. The van der Waals surface area contributed by atoms with Crippen LogP contribution in [0.4, 0.5) is 13.2 Å². The molecule has 0 saturated heterocycles. The van der Waals surface area contributed by atoms with Gasteiger partial charge in [-0.3, -0.25) is 0 Å². The summed E-state index contributed by atoms with van der Waals surface area (Å²) < 4.78 is 41.3. The Labute approximate surface area is 94.5 Å². The molecule has 0 aromatic carbocycles. The Kier molecular flexibility index (Phi) is 4.62. The van der Waals surface area contributed by atoms with Crippen LogP contribution in [0.25, 0.3) is 0 Å². The molecule has 0 amide bonds. The van der Waals surface area contributed by atoms with Crippen LogP contribution < -0.4 is 5.32 Å². The largest absolute Gasteiger partial charge is 0.411 e. The third-order valence-corrected chi connectivity index (χ3v) is 3.20. The summed E-state index contributed by atoms with van der Waals surface area (Å²) in [6.45, 7) is 2.94. The van der Waals surface area contributed by atoms with E-state index in [1.54, 1.807) is 7.05 Å². The molecule has 2 nitrogen and oxygen atoms in total. The van der Waals surface area contributed by atoms with Crippen LogP contribution in [0.5, 0.6) is 0 Å². The molecule has 4 atom stereocenters. The Bertz CT molecular complexity index is 220. The van der Waals surface area contributed by atoms with Crippen molar-refractivity contribution in [2.24, 2.45) is 11.8 Å². The molecule has 0 aromatic heterocycles. The zero-order chi connectivity index (χ0) is 12.3. The molecule has 4 unspecified atom stereocenters. The lowest BCUT2D eigenvalue weighted by atomic mass is 9.78. The lowest BCUT2D eigenvalue weighted by Gasteiger charge is -2.39. The maximum Gasteiger partial charge on any atom is 0.411 e. The average molecular weight is 239 g/mol. The number of halogens is 3. The molecule has 0 radical (unpaired) electrons. The van der Waals surface area contributed by atoms with Gasteiger partial charge >= 0.3 is 6.18 Å². The molecule has 0 bridgehead atoms. The number of alkyl halides is 3. The Balaban J connectivity index is 2.54. The van der Waals surface area contributed by atoms with Gasteiger partial charge in [0.05, 0.1) is 6.10 Å². The van der Waals surface area contributed by atoms with Crippen LogP contribution >= 0.6 is 0 Å². The van der Waals surface area contributed by atoms with Gasteiger partial charge in [-0.2, -0.15) is 13.2 Å². The van der Waals surface area contributed by atoms with Crippen molar-refractivity contribution < 1.29 is 17.9 Å². The van der Waals surface area contributed by atoms with Gasteiger partial charge in [0.2, 0.25) is 0 Å². The summed E-state index contributed by atoms with van der Waals surface area (Å²) in [5.41, 5.74) is 0. The summed E-state index contributed by atoms with van der Waals surface area (Å²) in [5, 5.41) is 3.06. The zero-order valence-electron chi connectivity index (χ0n) is 9.97. The minimum Gasteiger partial charge on any atom is -0.367 e. The number of likely N-dealkylation sites (N-methyl/N-ethyl adjacent to an activating group) is 1. The van der Waals surface area contributed by atoms with E-state index in [1.165, 1.54) is 0 Å². The monoisotopic (exact) mass is 239 g/mol. The fraction of sp³-hybridized carbons (Fsp3) is 1.00. The van der Waals surface area contributed by atoms with Gasteiger partial charge in [-0.15, -0.1) is 0 Å². The molecule has 96 valence electrons. The van der Waals surface area contributed by atoms with Crippen LogP contribution in [0.2, 0.25) is 0 Å². The van der Waals surface area contributed by atoms with Crippen molar-refractivity contribution in [3.63, 3.8) is 0 Å². The topological polar surface area (TPSA) is 21.3 Å². The number of hydrogen-bond acceptors (Lipinski definition) is 2. The van der Waals surface area contributed by atoms with E-state index in [2.05, 4.69) is 12.2 Å². The molecule has 0 heterocycles. The first-order valence-electron chi connectivity index (χ1n) is 5.69. The second-order valence-electron chi connectivity index (χ2n) is 4.84. The van der Waals surface area contributed by atoms with Crippen molar-refractivity contribution in [1.82, 2.24) is 5.32 Å². The highest BCUT2D eigenvalue weighted by Crippen LogP contribution is 2.32. The SMILES string of the molecule is CNC1CC(C)CC(C)C1OCC(F)(F)F. The third kappa shape index (κ3) is 3.94. The smallest absolute Gasteiger partial charge is 0.367 e. The summed E-state index contributed by atoms with van der Waals surface area (Å²) in [4.78, 5) is 0. The van der Waals surface area contributed by atoms with E-state index >= 15 is 0 Å². The predicted octanol–water partition coefficient (Wildman–Crippen LogP) is 2.59. The van der Waals surface area contributed by atoms with Gasteiger partial charge in [-0.1, -0.05) is 13.8 Å². The van der Waals surface area contributed by atoms with Gasteiger partial charge in [0.1, 0.15) is 6.61 Å². The molecule has 0 aromatic rings. The number of rotatable bonds is 3. The van der Waals surface area contributed by atoms with E-state index in [1.807, 2.05) is 6.92 Å². The molecule has 1 saturated carbocycles. The van der Waals surface area contributed by atoms with Crippen LogP contribution in [0.3, 0.4) is 0 Å². The lowest BCUT2D eigenvalue weighted by Crippen LogP contribution is -2.49. The molecule has 0 aliphatic heterocycles. The Hall–Kier alpha value is -0.290. The van der Waals surface area contributed by atoms with Crippen LogP contribution in [-0.2, 0) is 4.74 Å². The highest BCUT2D eigenvalue weighted by Gasteiger charge is 2.37. The summed E-state index contributed by atoms with van der Waals surface area (Å²) in [7, 11) is 1.78. The minimum absolute atomic E-state index is 0.0288. The van der Waals surface area contributed by atoms with Crippen molar-refractivity contribution in [1.29, 1.82) is 0 Å². The van der Waals surface area contributed by atoms with E-state index in [0.29, 0.717) is 5.92 Å². The summed E-state index contributed by atoms with van der Waals surface area (Å²) in [6, 6.07) is 0.0288. The first-order valence-corrected chi connectivity index (χ1v) is 5.69. The molecular weight excluding hydrogens is 219 g/mol. The van der Waals surface area contributed by atoms with E-state index < -0.39 is 12.8 Å². The summed E-state index contributed by atoms with van der Waals surface area (Å²) in [5.74, 6) is 0.710. The number of hydrogen-bond donors (Lipinski definition) is 1. The molecule has 5 heteroatoms. The predicted molar refractivity (Wildman–Crippen MR) is 56.2 cm³/mol. The first kappa shape index (κ1) is 13.8. The quantitative estimate of drug-likeness (QED) is 0.817. The molecule has 0 spiro atoms. The molecular formula is C11H20F3NO. The highest BCUT2D eigenvalue weighted by atomic mass is 19.4. The van der Waals surface area contributed by atoms with Crippen molar-refractivity contribution in [3.8, 4) is 0 Å². The first-order chi connectivity index (χ1) is 7.33. The molecule has 1 N–H and O–H groups in total. The summed E-state index contributed by atoms with van der Waals surface area (Å²) >= 11 is 0. The van der Waals surface area contributed by atoms with E-state index in [4.69, 9.17) is 4.74 Å². The van der Waals surface area contributed by atoms with Crippen molar-refractivity contribution >= 4 is 0 Å². The Morgan fingerprint density at radius 2 is 1.88 bits per heavy atom. The van der Waals surface area contributed by atoms with E-state index in [9.17, 15) is 13.2 Å². The molecule has 1 aliphatic carbocycles. The van der Waals surface area contributed by atoms with E-state index in [0.717, 1.165) is 12.8 Å². The maximum atomic E-state index is 12.1. The maximum absolute atomic E-state index is 12.1. The minimum atomic E-state index is -4.24. The molecule has 16 heavy (non-hydrogen) atoms. The van der Waals surface area contributed by atoms with Crippen molar-refractivity contribution in [2.75, 3.05) is 13.7 Å². The van der Waals surface area contributed by atoms with Gasteiger partial charge in [-0.05, 0) is 31.7 Å². The van der Waals surface area contributed by atoms with Crippen molar-refractivity contribution in [2.45, 2.75) is 45.0 Å². The standard InChI is InChI=1S/C11H20F3NO/c1-7-4-8(2)10(9(5-7)15-3)16-6-11(12,13)14/h7-10,15H,4-6H2,1-3H3. The molecule has 1 rings (SSSR count). The Morgan fingerprint density at radius 3 is 2.38 bits per heavy atom. The van der Waals surface area contributed by atoms with Crippen LogP contribution in [0, 0.1) is 11.8 Å². The second-order valence-corrected chi connectivity index (χ2v) is 4.84. The fourth-order valence-corrected chi connectivity index (χ4v) is 2.58. The molecule has 1 aliphatic rings. The van der Waals surface area contributed by atoms with Gasteiger partial charge in [-0.25, -0.2) is 0 Å². The van der Waals surface area contributed by atoms with E-state index in [-0.39, 0.29) is 18.1 Å². The van der Waals surface area contributed by atoms with Crippen LogP contribution in [0.1, 0.15) is 26.7 Å². The Morgan fingerprint density at radius 1 is 1.25 bits per heavy atom. The summed E-state index contributed by atoms with van der Waals surface area (Å²) in [6.07, 6.45) is -2.76. The number of nitrogens with one attached hydrogen (secondary N) is 1. The van der Waals surface area contributed by atoms with Gasteiger partial charge in [0.25, 0.3) is 0 Å². The molecule has 1 fully saturated rings. The zero-order valence-corrected chi connectivity index (χ0v) is 9.97. The van der Waals surface area contributed by atoms with Gasteiger partial charge in [0, 0.05) is 6.04 Å². The van der Waals surface area contributed by atoms with Crippen molar-refractivity contribution in [3.05, 3.63) is 0 Å². The normalized spacial score (nSPS) is 36.4. The van der Waals surface area contributed by atoms with Crippen LogP contribution in [0.15, 0.2) is 0 Å². The van der Waals surface area contributed by atoms with Gasteiger partial charge in [0.15, 0.2) is 0 Å².